The maximum Gasteiger partial charge on any atom is 0.309 e. The molecular formula is C31H37Cl2N5O3. The summed E-state index contributed by atoms with van der Waals surface area (Å²) in [4.78, 5) is 34.4. The number of carboxylic acid groups (broad SMARTS) is 1. The first-order valence-electron chi connectivity index (χ1n) is 14.5. The van der Waals surface area contributed by atoms with Crippen LogP contribution in [0.1, 0.15) is 51.1 Å². The molecular weight excluding hydrogens is 561 g/mol. The van der Waals surface area contributed by atoms with E-state index in [9.17, 15) is 14.7 Å². The average Bonchev–Trinajstić information content (AvgIpc) is 2.88. The number of aromatic nitrogens is 2. The second kappa shape index (κ2) is 10.8. The zero-order valence-corrected chi connectivity index (χ0v) is 25.3. The van der Waals surface area contributed by atoms with Crippen LogP contribution in [0.15, 0.2) is 41.3 Å². The van der Waals surface area contributed by atoms with E-state index in [1.165, 1.54) is 6.42 Å². The van der Waals surface area contributed by atoms with E-state index >= 15 is 0 Å². The number of carbonyl (C=O) groups is 1. The lowest BCUT2D eigenvalue weighted by Gasteiger charge is -2.52. The number of pyridine rings is 2. The summed E-state index contributed by atoms with van der Waals surface area (Å²) in [5.74, 6) is 1.36. The third kappa shape index (κ3) is 5.30. The van der Waals surface area contributed by atoms with Crippen molar-refractivity contribution in [3.63, 3.8) is 0 Å². The Labute approximate surface area is 250 Å². The minimum Gasteiger partial charge on any atom is -0.481 e. The van der Waals surface area contributed by atoms with Crippen molar-refractivity contribution in [2.45, 2.75) is 51.6 Å². The molecule has 1 unspecified atom stereocenters. The number of halogens is 2. The van der Waals surface area contributed by atoms with Gasteiger partial charge in [0.15, 0.2) is 5.43 Å². The van der Waals surface area contributed by atoms with Crippen LogP contribution in [-0.2, 0) is 11.8 Å². The van der Waals surface area contributed by atoms with Crippen molar-refractivity contribution in [1.29, 1.82) is 0 Å². The molecule has 2 atom stereocenters. The Bertz CT molecular complexity index is 1550. The van der Waals surface area contributed by atoms with Crippen LogP contribution in [0.25, 0.3) is 11.0 Å². The van der Waals surface area contributed by atoms with Crippen LogP contribution in [0.2, 0.25) is 10.0 Å². The van der Waals surface area contributed by atoms with E-state index in [1.54, 1.807) is 18.3 Å². The highest BCUT2D eigenvalue weighted by Crippen LogP contribution is 2.45. The molecule has 2 aliphatic heterocycles. The zero-order valence-electron chi connectivity index (χ0n) is 23.7. The van der Waals surface area contributed by atoms with E-state index in [1.807, 2.05) is 43.7 Å². The van der Waals surface area contributed by atoms with Crippen molar-refractivity contribution >= 4 is 51.7 Å². The molecule has 0 amide bonds. The molecule has 3 aromatic rings. The molecule has 1 saturated carbocycles. The van der Waals surface area contributed by atoms with Crippen molar-refractivity contribution in [2.75, 3.05) is 36.4 Å². The van der Waals surface area contributed by atoms with Gasteiger partial charge in [-0.05, 0) is 75.6 Å². The molecule has 4 heterocycles. The van der Waals surface area contributed by atoms with E-state index in [2.05, 4.69) is 15.1 Å². The number of aryl methyl sites for hydroxylation is 1. The van der Waals surface area contributed by atoms with Gasteiger partial charge in [0.2, 0.25) is 0 Å². The molecule has 6 rings (SSSR count). The number of nitrogens with zero attached hydrogens (tertiary/aromatic N) is 4. The predicted octanol–water partition coefficient (Wildman–Crippen LogP) is 5.81. The molecule has 3 fully saturated rings. The summed E-state index contributed by atoms with van der Waals surface area (Å²) < 4.78 is 1.89. The van der Waals surface area contributed by atoms with Crippen LogP contribution >= 0.6 is 23.2 Å². The smallest absolute Gasteiger partial charge is 0.309 e. The molecule has 3 aliphatic rings. The minimum absolute atomic E-state index is 0.0761. The SMILES string of the molecule is C[C@@H](Nc1cc(N2CC(C3CCCN(C4CC(C)(C(=O)O)C4)C3)C2)nc2c1c(=O)ccn2C)c1ccc(Cl)cc1Cl. The molecule has 1 aliphatic carbocycles. The molecule has 0 bridgehead atoms. The number of hydrogen-bond donors (Lipinski definition) is 2. The van der Waals surface area contributed by atoms with Gasteiger partial charge in [-0.15, -0.1) is 0 Å². The maximum atomic E-state index is 13.0. The number of rotatable bonds is 7. The lowest BCUT2D eigenvalue weighted by molar-refractivity contribution is -0.158. The summed E-state index contributed by atoms with van der Waals surface area (Å²) in [5.41, 5.74) is 1.65. The Hall–Kier alpha value is -2.81. The molecule has 0 spiro atoms. The average molecular weight is 599 g/mol. The Morgan fingerprint density at radius 3 is 2.61 bits per heavy atom. The van der Waals surface area contributed by atoms with Gasteiger partial charge < -0.3 is 24.8 Å². The quantitative estimate of drug-likeness (QED) is 0.355. The minimum atomic E-state index is -0.670. The molecule has 41 heavy (non-hydrogen) atoms. The van der Waals surface area contributed by atoms with Crippen LogP contribution < -0.4 is 15.6 Å². The van der Waals surface area contributed by atoms with Gasteiger partial charge in [-0.1, -0.05) is 29.3 Å². The number of piperidine rings is 1. The van der Waals surface area contributed by atoms with Gasteiger partial charge in [0.25, 0.3) is 0 Å². The lowest BCUT2D eigenvalue weighted by atomic mass is 9.65. The van der Waals surface area contributed by atoms with Crippen molar-refractivity contribution in [1.82, 2.24) is 14.5 Å². The lowest BCUT2D eigenvalue weighted by Crippen LogP contribution is -2.58. The first kappa shape index (κ1) is 28.3. The molecule has 10 heteroatoms. The first-order chi connectivity index (χ1) is 19.5. The number of likely N-dealkylation sites (tertiary alicyclic amines) is 1. The molecule has 2 aromatic heterocycles. The predicted molar refractivity (Wildman–Crippen MR) is 164 cm³/mol. The van der Waals surface area contributed by atoms with E-state index < -0.39 is 11.4 Å². The Morgan fingerprint density at radius 2 is 1.90 bits per heavy atom. The van der Waals surface area contributed by atoms with Crippen LogP contribution in [0.4, 0.5) is 11.5 Å². The van der Waals surface area contributed by atoms with Gasteiger partial charge in [-0.25, -0.2) is 4.98 Å². The number of fused-ring (bicyclic) bond motifs is 1. The van der Waals surface area contributed by atoms with Gasteiger partial charge in [0.1, 0.15) is 11.5 Å². The van der Waals surface area contributed by atoms with Gasteiger partial charge >= 0.3 is 5.97 Å². The third-order valence-corrected chi connectivity index (χ3v) is 10.2. The van der Waals surface area contributed by atoms with Crippen molar-refractivity contribution < 1.29 is 9.90 Å². The molecule has 8 nitrogen and oxygen atoms in total. The fourth-order valence-electron chi connectivity index (χ4n) is 6.96. The summed E-state index contributed by atoms with van der Waals surface area (Å²) >= 11 is 12.6. The summed E-state index contributed by atoms with van der Waals surface area (Å²) in [6.45, 7) is 7.85. The van der Waals surface area contributed by atoms with Crippen molar-refractivity contribution in [2.24, 2.45) is 24.3 Å². The van der Waals surface area contributed by atoms with Crippen LogP contribution in [-0.4, -0.2) is 57.7 Å². The number of nitrogens with one attached hydrogen (secondary N) is 1. The Morgan fingerprint density at radius 1 is 1.15 bits per heavy atom. The molecule has 1 aromatic carbocycles. The van der Waals surface area contributed by atoms with Gasteiger partial charge in [0, 0.05) is 61.1 Å². The highest BCUT2D eigenvalue weighted by molar-refractivity contribution is 6.35. The van der Waals surface area contributed by atoms with Crippen LogP contribution in [0.3, 0.4) is 0 Å². The standard InChI is InChI=1S/C31H37Cl2N5O3/c1-18(23-7-6-21(32)11-24(23)33)34-25-12-27(35-29-28(25)26(39)8-10-36(29)3)38-16-20(17-38)19-5-4-9-37(15-19)22-13-31(2,14-22)30(40)41/h6-8,10-12,18-20,22H,4-5,9,13-17H2,1-3H3,(H,34,35)(H,40,41)/t18-,19?,22?,31?/m1/s1. The number of carboxylic acids is 1. The highest BCUT2D eigenvalue weighted by atomic mass is 35.5. The number of hydrogen-bond acceptors (Lipinski definition) is 6. The highest BCUT2D eigenvalue weighted by Gasteiger charge is 2.49. The number of benzene rings is 1. The van der Waals surface area contributed by atoms with Crippen molar-refractivity contribution in [3.8, 4) is 0 Å². The van der Waals surface area contributed by atoms with E-state index in [0.29, 0.717) is 39.0 Å². The monoisotopic (exact) mass is 597 g/mol. The largest absolute Gasteiger partial charge is 0.481 e. The number of aliphatic carboxylic acids is 1. The summed E-state index contributed by atoms with van der Waals surface area (Å²) in [6.07, 6.45) is 5.64. The second-order valence-corrected chi connectivity index (χ2v) is 13.4. The Balaban J connectivity index is 1.19. The summed E-state index contributed by atoms with van der Waals surface area (Å²) in [7, 11) is 1.91. The number of anilines is 2. The first-order valence-corrected chi connectivity index (χ1v) is 15.2. The van der Waals surface area contributed by atoms with Gasteiger partial charge in [0.05, 0.1) is 22.5 Å². The topological polar surface area (TPSA) is 90.7 Å². The second-order valence-electron chi connectivity index (χ2n) is 12.5. The normalized spacial score (nSPS) is 25.9. The molecule has 218 valence electrons. The molecule has 2 saturated heterocycles. The van der Waals surface area contributed by atoms with E-state index in [0.717, 1.165) is 62.5 Å². The summed E-state index contributed by atoms with van der Waals surface area (Å²) in [5, 5.41) is 14.8. The maximum absolute atomic E-state index is 13.0. The van der Waals surface area contributed by atoms with E-state index in [4.69, 9.17) is 28.2 Å². The van der Waals surface area contributed by atoms with Crippen LogP contribution in [0.5, 0.6) is 0 Å². The van der Waals surface area contributed by atoms with E-state index in [-0.39, 0.29) is 11.5 Å². The van der Waals surface area contributed by atoms with Crippen LogP contribution in [0, 0.1) is 17.3 Å². The van der Waals surface area contributed by atoms with Gasteiger partial charge in [-0.3, -0.25) is 9.59 Å². The fourth-order valence-corrected chi connectivity index (χ4v) is 7.53. The fraction of sp³-hybridized carbons (Fsp3) is 0.516. The molecule has 2 N–H and O–H groups in total. The Kier molecular flexibility index (Phi) is 7.45. The summed E-state index contributed by atoms with van der Waals surface area (Å²) in [6, 6.07) is 9.26. The molecule has 0 radical (unpaired) electrons. The van der Waals surface area contributed by atoms with Gasteiger partial charge in [-0.2, -0.15) is 0 Å². The zero-order chi connectivity index (χ0) is 29.1. The van der Waals surface area contributed by atoms with Crippen molar-refractivity contribution in [3.05, 3.63) is 62.4 Å². The third-order valence-electron chi connectivity index (χ3n) is 9.61.